The molecule has 0 aliphatic carbocycles. The molecule has 0 radical (unpaired) electrons. The molecule has 2 aromatic rings. The van der Waals surface area contributed by atoms with Crippen molar-refractivity contribution in [3.8, 4) is 0 Å². The van der Waals surface area contributed by atoms with Gasteiger partial charge in [-0.05, 0) is 24.3 Å². The van der Waals surface area contributed by atoms with Crippen molar-refractivity contribution < 1.29 is 25.9 Å². The summed E-state index contributed by atoms with van der Waals surface area (Å²) in [7, 11) is -8.59. The van der Waals surface area contributed by atoms with E-state index in [1.54, 1.807) is 24.8 Å². The van der Waals surface area contributed by atoms with Gasteiger partial charge in [0.25, 0.3) is 20.2 Å². The van der Waals surface area contributed by atoms with Crippen LogP contribution in [-0.2, 0) is 20.2 Å². The average Bonchev–Trinajstić information content (AvgIpc) is 2.49. The number of nitrogens with zero attached hydrogens (tertiary/aromatic N) is 2. The lowest BCUT2D eigenvalue weighted by Gasteiger charge is -1.92. The predicted octanol–water partition coefficient (Wildman–Crippen LogP) is 0.925. The quantitative estimate of drug-likeness (QED) is 0.782. The van der Waals surface area contributed by atoms with Crippen molar-refractivity contribution in [3.05, 3.63) is 61.2 Å². The van der Waals surface area contributed by atoms with Crippen molar-refractivity contribution in [2.24, 2.45) is 0 Å². The van der Waals surface area contributed by atoms with Crippen LogP contribution in [0.3, 0.4) is 0 Å². The molecule has 0 amide bonds. The standard InChI is InChI=1S/2C5H5N.C2H6O6S2/c2*1-2-4-6-5-3-1;3-9(4,5)1-2-10(6,7)8/h2*1-5H;1-2H2,(H,3,4,5)(H,6,7,8). The zero-order chi connectivity index (χ0) is 16.9. The molecule has 22 heavy (non-hydrogen) atoms. The van der Waals surface area contributed by atoms with E-state index in [0.29, 0.717) is 0 Å². The predicted molar refractivity (Wildman–Crippen MR) is 81.3 cm³/mol. The largest absolute Gasteiger partial charge is 0.286 e. The van der Waals surface area contributed by atoms with Crippen molar-refractivity contribution in [3.63, 3.8) is 0 Å². The molecule has 8 nitrogen and oxygen atoms in total. The summed E-state index contributed by atoms with van der Waals surface area (Å²) in [6.45, 7) is 0. The van der Waals surface area contributed by atoms with Crippen LogP contribution in [0.15, 0.2) is 61.2 Å². The minimum atomic E-state index is -4.30. The Morgan fingerprint density at radius 2 is 0.864 bits per heavy atom. The highest BCUT2D eigenvalue weighted by molar-refractivity contribution is 7.89. The summed E-state index contributed by atoms with van der Waals surface area (Å²) in [4.78, 5) is 7.57. The lowest BCUT2D eigenvalue weighted by Crippen LogP contribution is -2.15. The first-order valence-corrected chi connectivity index (χ1v) is 9.03. The highest BCUT2D eigenvalue weighted by Gasteiger charge is 2.11. The smallest absolute Gasteiger partial charge is 0.265 e. The molecule has 2 aromatic heterocycles. The van der Waals surface area contributed by atoms with Crippen LogP contribution >= 0.6 is 0 Å². The fraction of sp³-hybridized carbons (Fsp3) is 0.167. The maximum Gasteiger partial charge on any atom is 0.265 e. The Kier molecular flexibility index (Phi) is 9.87. The molecular formula is C12H16N2O6S2. The van der Waals surface area contributed by atoms with Crippen molar-refractivity contribution in [1.82, 2.24) is 9.97 Å². The van der Waals surface area contributed by atoms with Gasteiger partial charge in [-0.3, -0.25) is 19.1 Å². The molecule has 0 saturated carbocycles. The number of hydrogen-bond acceptors (Lipinski definition) is 6. The third-order valence-corrected chi connectivity index (χ3v) is 3.43. The zero-order valence-electron chi connectivity index (χ0n) is 11.4. The Hall–Kier alpha value is -1.88. The van der Waals surface area contributed by atoms with Gasteiger partial charge in [0.05, 0.1) is 11.5 Å². The van der Waals surface area contributed by atoms with E-state index < -0.39 is 31.7 Å². The third kappa shape index (κ3) is 18.1. The van der Waals surface area contributed by atoms with Gasteiger partial charge in [-0.25, -0.2) is 0 Å². The minimum absolute atomic E-state index is 0.980. The summed E-state index contributed by atoms with van der Waals surface area (Å²) in [6, 6.07) is 11.4. The van der Waals surface area contributed by atoms with Gasteiger partial charge in [-0.15, -0.1) is 0 Å². The van der Waals surface area contributed by atoms with Crippen molar-refractivity contribution >= 4 is 20.2 Å². The van der Waals surface area contributed by atoms with E-state index in [1.165, 1.54) is 0 Å². The summed E-state index contributed by atoms with van der Waals surface area (Å²) in [5.74, 6) is -1.96. The number of pyridine rings is 2. The van der Waals surface area contributed by atoms with Crippen LogP contribution in [0.5, 0.6) is 0 Å². The molecule has 2 rings (SSSR count). The Balaban J connectivity index is 0.000000315. The van der Waals surface area contributed by atoms with E-state index in [0.717, 1.165) is 0 Å². The van der Waals surface area contributed by atoms with Gasteiger partial charge < -0.3 is 0 Å². The number of aromatic nitrogens is 2. The van der Waals surface area contributed by atoms with Gasteiger partial charge in [0.15, 0.2) is 0 Å². The maximum absolute atomic E-state index is 9.86. The molecule has 0 aromatic carbocycles. The van der Waals surface area contributed by atoms with Gasteiger partial charge in [0.2, 0.25) is 0 Å². The Bertz CT molecular complexity index is 574. The number of rotatable bonds is 3. The van der Waals surface area contributed by atoms with Crippen LogP contribution in [0, 0.1) is 0 Å². The molecule has 0 saturated heterocycles. The van der Waals surface area contributed by atoms with Gasteiger partial charge in [-0.1, -0.05) is 12.1 Å². The lowest BCUT2D eigenvalue weighted by atomic mass is 10.5. The highest BCUT2D eigenvalue weighted by atomic mass is 32.2. The summed E-state index contributed by atoms with van der Waals surface area (Å²) in [5.41, 5.74) is 0. The van der Waals surface area contributed by atoms with Crippen molar-refractivity contribution in [2.45, 2.75) is 0 Å². The van der Waals surface area contributed by atoms with E-state index in [-0.39, 0.29) is 0 Å². The lowest BCUT2D eigenvalue weighted by molar-refractivity contribution is 0.472. The van der Waals surface area contributed by atoms with E-state index in [2.05, 4.69) is 9.97 Å². The topological polar surface area (TPSA) is 135 Å². The molecule has 0 unspecified atom stereocenters. The number of hydrogen-bond donors (Lipinski definition) is 2. The first-order chi connectivity index (χ1) is 10.2. The molecule has 2 heterocycles. The summed E-state index contributed by atoms with van der Waals surface area (Å²) in [5, 5.41) is 0. The summed E-state index contributed by atoms with van der Waals surface area (Å²) in [6.07, 6.45) is 7.00. The summed E-state index contributed by atoms with van der Waals surface area (Å²) >= 11 is 0. The third-order valence-electron chi connectivity index (χ3n) is 1.73. The fourth-order valence-corrected chi connectivity index (χ4v) is 2.52. The molecular weight excluding hydrogens is 332 g/mol. The maximum atomic E-state index is 9.86. The van der Waals surface area contributed by atoms with E-state index in [9.17, 15) is 16.8 Å². The molecule has 10 heteroatoms. The second-order valence-electron chi connectivity index (χ2n) is 3.62. The van der Waals surface area contributed by atoms with E-state index >= 15 is 0 Å². The van der Waals surface area contributed by atoms with E-state index in [1.807, 2.05) is 36.4 Å². The molecule has 0 atom stereocenters. The summed E-state index contributed by atoms with van der Waals surface area (Å²) < 4.78 is 55.4. The van der Waals surface area contributed by atoms with Gasteiger partial charge in [0, 0.05) is 24.8 Å². The van der Waals surface area contributed by atoms with Crippen LogP contribution in [-0.4, -0.2) is 47.4 Å². The molecule has 0 aliphatic heterocycles. The van der Waals surface area contributed by atoms with E-state index in [4.69, 9.17) is 9.11 Å². The fourth-order valence-electron chi connectivity index (χ4n) is 0.836. The van der Waals surface area contributed by atoms with Crippen LogP contribution < -0.4 is 0 Å². The van der Waals surface area contributed by atoms with Gasteiger partial charge >= 0.3 is 0 Å². The van der Waals surface area contributed by atoms with Crippen LogP contribution in [0.4, 0.5) is 0 Å². The minimum Gasteiger partial charge on any atom is -0.286 e. The van der Waals surface area contributed by atoms with Crippen LogP contribution in [0.2, 0.25) is 0 Å². The average molecular weight is 348 g/mol. The molecule has 0 fully saturated rings. The second-order valence-corrected chi connectivity index (χ2v) is 6.77. The molecule has 2 N–H and O–H groups in total. The SMILES string of the molecule is O=S(=O)(O)CCS(=O)(=O)O.c1ccncc1.c1ccncc1. The van der Waals surface area contributed by atoms with Crippen LogP contribution in [0.25, 0.3) is 0 Å². The van der Waals surface area contributed by atoms with Crippen molar-refractivity contribution in [2.75, 3.05) is 11.5 Å². The monoisotopic (exact) mass is 348 g/mol. The zero-order valence-corrected chi connectivity index (χ0v) is 13.1. The van der Waals surface area contributed by atoms with Crippen molar-refractivity contribution in [1.29, 1.82) is 0 Å². The first-order valence-electron chi connectivity index (χ1n) is 5.81. The first kappa shape index (κ1) is 20.1. The van der Waals surface area contributed by atoms with Gasteiger partial charge in [-0.2, -0.15) is 16.8 Å². The van der Waals surface area contributed by atoms with Gasteiger partial charge in [0.1, 0.15) is 0 Å². The molecule has 0 spiro atoms. The second kappa shape index (κ2) is 10.8. The Morgan fingerprint density at radius 3 is 0.955 bits per heavy atom. The Morgan fingerprint density at radius 1 is 0.591 bits per heavy atom. The normalized spacial score (nSPS) is 10.5. The highest BCUT2D eigenvalue weighted by Crippen LogP contribution is 1.87. The Labute approximate surface area is 129 Å². The molecule has 0 aliphatic rings. The van der Waals surface area contributed by atoms with Crippen LogP contribution in [0.1, 0.15) is 0 Å². The molecule has 122 valence electrons. The molecule has 0 bridgehead atoms.